The maximum Gasteiger partial charge on any atom is 0.359 e. The zero-order chi connectivity index (χ0) is 14.7. The van der Waals surface area contributed by atoms with E-state index in [9.17, 15) is 4.79 Å². The number of rotatable bonds is 4. The lowest BCUT2D eigenvalue weighted by atomic mass is 10.4. The lowest BCUT2D eigenvalue weighted by molar-refractivity contribution is 0.0431. The van der Waals surface area contributed by atoms with Crippen LogP contribution in [0.4, 0.5) is 0 Å². The fourth-order valence-corrected chi connectivity index (χ4v) is 1.51. The minimum atomic E-state index is -0.611. The molecule has 21 heavy (non-hydrogen) atoms. The summed E-state index contributed by atoms with van der Waals surface area (Å²) in [5.74, 6) is 0.223. The molecule has 3 aromatic rings. The first-order chi connectivity index (χ1) is 10.2. The van der Waals surface area contributed by atoms with Crippen molar-refractivity contribution >= 4 is 5.97 Å². The number of carbonyl (C=O) groups is 1. The van der Waals surface area contributed by atoms with Gasteiger partial charge in [-0.1, -0.05) is 0 Å². The number of carbonyl (C=O) groups excluding carboxylic acids is 1. The second kappa shape index (κ2) is 5.53. The Balaban J connectivity index is 1.62. The van der Waals surface area contributed by atoms with E-state index >= 15 is 0 Å². The van der Waals surface area contributed by atoms with E-state index in [-0.39, 0.29) is 24.1 Å². The molecule has 0 radical (unpaired) electrons. The predicted octanol–water partition coefficient (Wildman–Crippen LogP) is 1.79. The van der Waals surface area contributed by atoms with Gasteiger partial charge in [-0.05, 0) is 19.1 Å². The van der Waals surface area contributed by atoms with Gasteiger partial charge in [0.25, 0.3) is 11.8 Å². The van der Waals surface area contributed by atoms with Crippen LogP contribution in [0.15, 0.2) is 39.6 Å². The molecule has 3 aromatic heterocycles. The van der Waals surface area contributed by atoms with Gasteiger partial charge >= 0.3 is 5.97 Å². The lowest BCUT2D eigenvalue weighted by Gasteiger charge is -2.00. The number of nitrogens with zero attached hydrogens (tertiary/aromatic N) is 4. The first-order valence-electron chi connectivity index (χ1n) is 6.04. The largest absolute Gasteiger partial charge is 0.459 e. The molecule has 0 aliphatic carbocycles. The Kier molecular flexibility index (Phi) is 3.42. The van der Waals surface area contributed by atoms with Crippen LogP contribution in [0.1, 0.15) is 22.1 Å². The molecule has 0 N–H and O–H groups in total. The van der Waals surface area contributed by atoms with Crippen LogP contribution in [0.3, 0.4) is 0 Å². The van der Waals surface area contributed by atoms with Gasteiger partial charge in [0.05, 0.1) is 18.2 Å². The molecule has 8 nitrogen and oxygen atoms in total. The molecule has 8 heteroatoms. The van der Waals surface area contributed by atoms with E-state index in [0.29, 0.717) is 11.5 Å². The average Bonchev–Trinajstić information content (AvgIpc) is 3.16. The highest BCUT2D eigenvalue weighted by atomic mass is 16.5. The van der Waals surface area contributed by atoms with Gasteiger partial charge in [-0.3, -0.25) is 4.98 Å². The number of aromatic nitrogens is 4. The Morgan fingerprint density at radius 1 is 1.29 bits per heavy atom. The third-order valence-corrected chi connectivity index (χ3v) is 2.52. The smallest absolute Gasteiger partial charge is 0.359 e. The van der Waals surface area contributed by atoms with E-state index in [1.165, 1.54) is 18.7 Å². The summed E-state index contributed by atoms with van der Waals surface area (Å²) in [5, 5.41) is 7.55. The Hall–Kier alpha value is -3.03. The lowest BCUT2D eigenvalue weighted by Crippen LogP contribution is -2.08. The van der Waals surface area contributed by atoms with Crippen molar-refractivity contribution in [2.24, 2.45) is 0 Å². The van der Waals surface area contributed by atoms with E-state index < -0.39 is 5.97 Å². The van der Waals surface area contributed by atoms with Crippen molar-refractivity contribution in [3.05, 3.63) is 48.1 Å². The summed E-state index contributed by atoms with van der Waals surface area (Å²) in [6.45, 7) is 1.62. The van der Waals surface area contributed by atoms with Crippen LogP contribution in [-0.4, -0.2) is 26.1 Å². The standard InChI is InChI=1S/C13H10N4O4/c1-8-5-15-9(6-14-8)13(18)20-7-11-16-17-12(21-11)10-3-2-4-19-10/h2-6H,7H2,1H3. The number of hydrogen-bond acceptors (Lipinski definition) is 8. The second-order valence-electron chi connectivity index (χ2n) is 4.10. The van der Waals surface area contributed by atoms with Crippen molar-refractivity contribution in [2.45, 2.75) is 13.5 Å². The Labute approximate surface area is 118 Å². The zero-order valence-electron chi connectivity index (χ0n) is 11.0. The quantitative estimate of drug-likeness (QED) is 0.668. The number of furan rings is 1. The maximum absolute atomic E-state index is 11.7. The van der Waals surface area contributed by atoms with Crippen molar-refractivity contribution in [3.8, 4) is 11.7 Å². The van der Waals surface area contributed by atoms with Gasteiger partial charge in [0.15, 0.2) is 18.1 Å². The number of hydrogen-bond donors (Lipinski definition) is 0. The summed E-state index contributed by atoms with van der Waals surface area (Å²) in [5.41, 5.74) is 0.831. The van der Waals surface area contributed by atoms with Crippen LogP contribution >= 0.6 is 0 Å². The average molecular weight is 286 g/mol. The normalized spacial score (nSPS) is 10.5. The Morgan fingerprint density at radius 2 is 2.19 bits per heavy atom. The zero-order valence-corrected chi connectivity index (χ0v) is 11.0. The van der Waals surface area contributed by atoms with Crippen LogP contribution in [0.2, 0.25) is 0 Å². The fraction of sp³-hybridized carbons (Fsp3) is 0.154. The molecule has 0 atom stereocenters. The molecule has 0 aliphatic rings. The third-order valence-electron chi connectivity index (χ3n) is 2.52. The molecule has 3 heterocycles. The first kappa shape index (κ1) is 13.0. The number of ether oxygens (including phenoxy) is 1. The second-order valence-corrected chi connectivity index (χ2v) is 4.10. The van der Waals surface area contributed by atoms with Crippen LogP contribution in [0.25, 0.3) is 11.7 Å². The summed E-state index contributed by atoms with van der Waals surface area (Å²) in [6.07, 6.45) is 4.33. The van der Waals surface area contributed by atoms with E-state index in [4.69, 9.17) is 13.6 Å². The highest BCUT2D eigenvalue weighted by Gasteiger charge is 2.14. The molecule has 0 fully saturated rings. The maximum atomic E-state index is 11.7. The van der Waals surface area contributed by atoms with Crippen molar-refractivity contribution in [3.63, 3.8) is 0 Å². The minimum Gasteiger partial charge on any atom is -0.459 e. The van der Waals surface area contributed by atoms with Gasteiger partial charge in [-0.2, -0.15) is 0 Å². The van der Waals surface area contributed by atoms with Crippen LogP contribution in [0.5, 0.6) is 0 Å². The molecule has 0 saturated carbocycles. The Morgan fingerprint density at radius 3 is 2.90 bits per heavy atom. The van der Waals surface area contributed by atoms with Gasteiger partial charge in [-0.15, -0.1) is 10.2 Å². The number of aryl methyl sites for hydroxylation is 1. The fourth-order valence-electron chi connectivity index (χ4n) is 1.51. The van der Waals surface area contributed by atoms with Crippen molar-refractivity contribution in [2.75, 3.05) is 0 Å². The van der Waals surface area contributed by atoms with Crippen LogP contribution in [0, 0.1) is 6.92 Å². The molecule has 0 aromatic carbocycles. The van der Waals surface area contributed by atoms with Crippen LogP contribution < -0.4 is 0 Å². The molecule has 0 spiro atoms. The summed E-state index contributed by atoms with van der Waals surface area (Å²) in [6, 6.07) is 3.39. The third kappa shape index (κ3) is 2.94. The molecule has 0 amide bonds. The van der Waals surface area contributed by atoms with Gasteiger partial charge in [0.1, 0.15) is 0 Å². The van der Waals surface area contributed by atoms with E-state index in [2.05, 4.69) is 20.2 Å². The summed E-state index contributed by atoms with van der Waals surface area (Å²) in [4.78, 5) is 19.6. The van der Waals surface area contributed by atoms with Gasteiger partial charge in [-0.25, -0.2) is 9.78 Å². The molecule has 0 unspecified atom stereocenters. The van der Waals surface area contributed by atoms with Gasteiger partial charge in [0.2, 0.25) is 0 Å². The van der Waals surface area contributed by atoms with Gasteiger partial charge in [0, 0.05) is 6.20 Å². The molecule has 0 saturated heterocycles. The highest BCUT2D eigenvalue weighted by Crippen LogP contribution is 2.18. The molecular formula is C13H10N4O4. The molecule has 3 rings (SSSR count). The molecule has 106 valence electrons. The predicted molar refractivity (Wildman–Crippen MR) is 67.9 cm³/mol. The molecular weight excluding hydrogens is 276 g/mol. The Bertz CT molecular complexity index is 734. The number of esters is 1. The molecule has 0 aliphatic heterocycles. The summed E-state index contributed by atoms with van der Waals surface area (Å²) >= 11 is 0. The summed E-state index contributed by atoms with van der Waals surface area (Å²) < 4.78 is 15.4. The van der Waals surface area contributed by atoms with Crippen LogP contribution in [-0.2, 0) is 11.3 Å². The monoisotopic (exact) mass is 286 g/mol. The van der Waals surface area contributed by atoms with E-state index in [1.807, 2.05) is 0 Å². The summed E-state index contributed by atoms with van der Waals surface area (Å²) in [7, 11) is 0. The minimum absolute atomic E-state index is 0.117. The first-order valence-corrected chi connectivity index (χ1v) is 6.04. The topological polar surface area (TPSA) is 104 Å². The highest BCUT2D eigenvalue weighted by molar-refractivity contribution is 5.86. The van der Waals surface area contributed by atoms with Crippen molar-refractivity contribution in [1.29, 1.82) is 0 Å². The van der Waals surface area contributed by atoms with Crippen molar-refractivity contribution < 1.29 is 18.4 Å². The van der Waals surface area contributed by atoms with E-state index in [0.717, 1.165) is 0 Å². The molecule has 0 bridgehead atoms. The van der Waals surface area contributed by atoms with E-state index in [1.54, 1.807) is 19.1 Å². The van der Waals surface area contributed by atoms with Crippen molar-refractivity contribution in [1.82, 2.24) is 20.2 Å². The SMILES string of the molecule is Cc1cnc(C(=O)OCc2nnc(-c3ccco3)o2)cn1. The van der Waals surface area contributed by atoms with Gasteiger partial charge < -0.3 is 13.6 Å².